The topological polar surface area (TPSA) is 76.2 Å². The second-order valence-electron chi connectivity index (χ2n) is 6.22. The molecule has 1 fully saturated rings. The van der Waals surface area contributed by atoms with Crippen LogP contribution in [0.2, 0.25) is 0 Å². The van der Waals surface area contributed by atoms with Crippen molar-refractivity contribution in [3.63, 3.8) is 0 Å². The molecule has 2 aromatic heterocycles. The Balaban J connectivity index is 1.56. The molecule has 0 bridgehead atoms. The van der Waals surface area contributed by atoms with E-state index in [4.69, 9.17) is 4.42 Å². The molecule has 0 aliphatic carbocycles. The summed E-state index contributed by atoms with van der Waals surface area (Å²) in [6.07, 6.45) is 5.80. The van der Waals surface area contributed by atoms with Crippen LogP contribution >= 0.6 is 11.8 Å². The van der Waals surface area contributed by atoms with Crippen molar-refractivity contribution < 1.29 is 9.21 Å². The smallest absolute Gasteiger partial charge is 0.234 e. The van der Waals surface area contributed by atoms with Gasteiger partial charge in [0.05, 0.1) is 19.4 Å². The Labute approximate surface area is 152 Å². The number of hydrogen-bond donors (Lipinski definition) is 1. The van der Waals surface area contributed by atoms with Gasteiger partial charge in [0, 0.05) is 19.0 Å². The third kappa shape index (κ3) is 4.43. The monoisotopic (exact) mass is 363 g/mol. The summed E-state index contributed by atoms with van der Waals surface area (Å²) in [7, 11) is 0. The van der Waals surface area contributed by atoms with Gasteiger partial charge < -0.3 is 14.3 Å². The molecule has 1 N–H and O–H groups in total. The predicted octanol–water partition coefficient (Wildman–Crippen LogP) is 2.11. The zero-order chi connectivity index (χ0) is 17.6. The lowest BCUT2D eigenvalue weighted by Crippen LogP contribution is -2.42. The lowest BCUT2D eigenvalue weighted by Gasteiger charge is -2.31. The summed E-state index contributed by atoms with van der Waals surface area (Å²) in [6.45, 7) is 5.63. The fraction of sp³-hybridized carbons (Fsp3) is 0.588. The second-order valence-corrected chi connectivity index (χ2v) is 6.99. The molecule has 1 unspecified atom stereocenters. The van der Waals surface area contributed by atoms with Gasteiger partial charge in [0.2, 0.25) is 5.91 Å². The van der Waals surface area contributed by atoms with Crippen LogP contribution in [0, 0.1) is 0 Å². The van der Waals surface area contributed by atoms with E-state index in [1.165, 1.54) is 0 Å². The molecular formula is C17H25N5O2S. The van der Waals surface area contributed by atoms with Gasteiger partial charge in [-0.2, -0.15) is 0 Å². The fourth-order valence-corrected chi connectivity index (χ4v) is 3.88. The molecule has 0 aromatic carbocycles. The Bertz CT molecular complexity index is 685. The van der Waals surface area contributed by atoms with Crippen LogP contribution in [0.1, 0.15) is 37.3 Å². The fourth-order valence-electron chi connectivity index (χ4n) is 3.32. The van der Waals surface area contributed by atoms with Crippen LogP contribution in [0.3, 0.4) is 0 Å². The van der Waals surface area contributed by atoms with Gasteiger partial charge in [-0.15, -0.1) is 10.2 Å². The van der Waals surface area contributed by atoms with Crippen LogP contribution in [0.4, 0.5) is 0 Å². The number of carbonyl (C=O) groups excluding carboxylic acids is 1. The maximum atomic E-state index is 12.2. The maximum absolute atomic E-state index is 12.2. The molecule has 25 heavy (non-hydrogen) atoms. The van der Waals surface area contributed by atoms with Crippen molar-refractivity contribution >= 4 is 17.7 Å². The number of rotatable bonds is 7. The van der Waals surface area contributed by atoms with E-state index >= 15 is 0 Å². The first-order chi connectivity index (χ1) is 12.2. The number of thioether (sulfide) groups is 1. The number of nitrogens with zero attached hydrogens (tertiary/aromatic N) is 4. The van der Waals surface area contributed by atoms with Gasteiger partial charge in [-0.25, -0.2) is 0 Å². The van der Waals surface area contributed by atoms with Gasteiger partial charge in [0.25, 0.3) is 0 Å². The lowest BCUT2D eigenvalue weighted by atomic mass is 9.97. The summed E-state index contributed by atoms with van der Waals surface area (Å²) >= 11 is 1.62. The number of furan rings is 1. The average molecular weight is 363 g/mol. The Kier molecular flexibility index (Phi) is 6.14. The van der Waals surface area contributed by atoms with Crippen LogP contribution in [-0.2, 0) is 17.9 Å². The summed E-state index contributed by atoms with van der Waals surface area (Å²) in [6, 6.07) is 3.68. The molecular weight excluding hydrogens is 338 g/mol. The minimum atomic E-state index is 0.0267. The average Bonchev–Trinajstić information content (AvgIpc) is 3.29. The van der Waals surface area contributed by atoms with Crippen LogP contribution in [-0.4, -0.2) is 51.5 Å². The van der Waals surface area contributed by atoms with Crippen molar-refractivity contribution in [3.05, 3.63) is 30.0 Å². The van der Waals surface area contributed by atoms with Gasteiger partial charge >= 0.3 is 0 Å². The van der Waals surface area contributed by atoms with E-state index in [2.05, 4.69) is 31.9 Å². The Hall–Kier alpha value is -1.80. The van der Waals surface area contributed by atoms with Gasteiger partial charge in [-0.05, 0) is 44.7 Å². The van der Waals surface area contributed by atoms with E-state index in [9.17, 15) is 4.79 Å². The Morgan fingerprint density at radius 2 is 2.36 bits per heavy atom. The molecule has 1 atom stereocenters. The summed E-state index contributed by atoms with van der Waals surface area (Å²) in [5.41, 5.74) is 0. The molecule has 136 valence electrons. The Morgan fingerprint density at radius 3 is 3.08 bits per heavy atom. The molecule has 7 nitrogen and oxygen atoms in total. The van der Waals surface area contributed by atoms with E-state index in [1.807, 2.05) is 18.4 Å². The minimum Gasteiger partial charge on any atom is -0.467 e. The number of amides is 1. The van der Waals surface area contributed by atoms with Gasteiger partial charge in [0.15, 0.2) is 5.16 Å². The van der Waals surface area contributed by atoms with Crippen molar-refractivity contribution in [1.29, 1.82) is 0 Å². The molecule has 1 aliphatic heterocycles. The van der Waals surface area contributed by atoms with Crippen molar-refractivity contribution in [2.24, 2.45) is 0 Å². The minimum absolute atomic E-state index is 0.0267. The number of likely N-dealkylation sites (tertiary alicyclic amines) is 1. The van der Waals surface area contributed by atoms with E-state index in [0.29, 0.717) is 19.0 Å². The number of hydrogen-bond acceptors (Lipinski definition) is 6. The quantitative estimate of drug-likeness (QED) is 0.760. The third-order valence-electron chi connectivity index (χ3n) is 4.52. The molecule has 0 saturated carbocycles. The molecule has 3 heterocycles. The molecule has 1 aliphatic rings. The standard InChI is InChI=1S/C17H25N5O2S/c1-3-22-16(19-20-17(22)25-2)13-6-4-8-21(11-13)12-15(23)18-10-14-7-5-9-24-14/h5,7,9,13H,3-4,6,8,10-12H2,1-2H3,(H,18,23). The normalized spacial score (nSPS) is 18.4. The van der Waals surface area contributed by atoms with Crippen LogP contribution < -0.4 is 5.32 Å². The third-order valence-corrected chi connectivity index (χ3v) is 5.19. The van der Waals surface area contributed by atoms with Crippen LogP contribution in [0.5, 0.6) is 0 Å². The van der Waals surface area contributed by atoms with Crippen LogP contribution in [0.15, 0.2) is 28.0 Å². The molecule has 0 radical (unpaired) electrons. The highest BCUT2D eigenvalue weighted by atomic mass is 32.2. The molecule has 0 spiro atoms. The van der Waals surface area contributed by atoms with Crippen molar-refractivity contribution in [1.82, 2.24) is 25.0 Å². The first-order valence-electron chi connectivity index (χ1n) is 8.69. The summed E-state index contributed by atoms with van der Waals surface area (Å²) in [4.78, 5) is 14.4. The van der Waals surface area contributed by atoms with Gasteiger partial charge in [-0.1, -0.05) is 11.8 Å². The second kappa shape index (κ2) is 8.53. The number of aromatic nitrogens is 3. The zero-order valence-corrected chi connectivity index (χ0v) is 15.6. The van der Waals surface area contributed by atoms with Crippen molar-refractivity contribution in [2.75, 3.05) is 25.9 Å². The molecule has 1 saturated heterocycles. The predicted molar refractivity (Wildman–Crippen MR) is 96.4 cm³/mol. The highest BCUT2D eigenvalue weighted by Crippen LogP contribution is 2.27. The summed E-state index contributed by atoms with van der Waals surface area (Å²) < 4.78 is 7.43. The number of nitrogens with one attached hydrogen (secondary N) is 1. The molecule has 2 aromatic rings. The van der Waals surface area contributed by atoms with E-state index in [-0.39, 0.29) is 5.91 Å². The lowest BCUT2D eigenvalue weighted by molar-refractivity contribution is -0.122. The summed E-state index contributed by atoms with van der Waals surface area (Å²) in [5.74, 6) is 2.18. The Morgan fingerprint density at radius 1 is 1.48 bits per heavy atom. The van der Waals surface area contributed by atoms with E-state index < -0.39 is 0 Å². The van der Waals surface area contributed by atoms with E-state index in [1.54, 1.807) is 18.0 Å². The largest absolute Gasteiger partial charge is 0.467 e. The molecule has 1 amide bonds. The van der Waals surface area contributed by atoms with Crippen molar-refractivity contribution in [2.45, 2.75) is 43.9 Å². The number of carbonyl (C=O) groups is 1. The highest BCUT2D eigenvalue weighted by Gasteiger charge is 2.27. The van der Waals surface area contributed by atoms with Crippen LogP contribution in [0.25, 0.3) is 0 Å². The highest BCUT2D eigenvalue weighted by molar-refractivity contribution is 7.98. The van der Waals surface area contributed by atoms with Crippen molar-refractivity contribution in [3.8, 4) is 0 Å². The first-order valence-corrected chi connectivity index (χ1v) is 9.92. The molecule has 8 heteroatoms. The van der Waals surface area contributed by atoms with Gasteiger partial charge in [0.1, 0.15) is 11.6 Å². The molecule has 3 rings (SSSR count). The zero-order valence-electron chi connectivity index (χ0n) is 14.8. The maximum Gasteiger partial charge on any atom is 0.234 e. The van der Waals surface area contributed by atoms with Gasteiger partial charge in [-0.3, -0.25) is 9.69 Å². The SMILES string of the molecule is CCn1c(SC)nnc1C1CCCN(CC(=O)NCc2ccco2)C1. The number of piperidine rings is 1. The van der Waals surface area contributed by atoms with E-state index in [0.717, 1.165) is 49.2 Å². The first kappa shape index (κ1) is 18.0. The summed E-state index contributed by atoms with van der Waals surface area (Å²) in [5, 5.41) is 12.6.